The summed E-state index contributed by atoms with van der Waals surface area (Å²) in [6.45, 7) is 0. The molecule has 0 saturated carbocycles. The topological polar surface area (TPSA) is 114 Å². The van der Waals surface area contributed by atoms with Gasteiger partial charge in [0.25, 0.3) is 0 Å². The SMILES string of the molecule is O=S(=O)(NS(=O)(=O)S(=O)(=O)C(F)(F)F)C(F)(F)F. The van der Waals surface area contributed by atoms with Gasteiger partial charge in [0.05, 0.1) is 0 Å². The van der Waals surface area contributed by atoms with E-state index in [4.69, 9.17) is 0 Å². The number of nitrogens with one attached hydrogen (secondary N) is 1. The van der Waals surface area contributed by atoms with Crippen LogP contribution in [-0.2, 0) is 27.9 Å². The first-order valence-electron chi connectivity index (χ1n) is 3.12. The van der Waals surface area contributed by atoms with Gasteiger partial charge in [0.15, 0.2) is 0 Å². The van der Waals surface area contributed by atoms with E-state index >= 15 is 0 Å². The molecule has 0 saturated heterocycles. The monoisotopic (exact) mass is 345 g/mol. The second-order valence-electron chi connectivity index (χ2n) is 2.39. The van der Waals surface area contributed by atoms with E-state index in [1.807, 2.05) is 0 Å². The Labute approximate surface area is 95.2 Å². The number of halogens is 6. The fraction of sp³-hybridized carbons (Fsp3) is 1.00. The molecule has 0 aromatic rings. The number of alkyl halides is 6. The van der Waals surface area contributed by atoms with Crippen molar-refractivity contribution in [2.75, 3.05) is 0 Å². The maximum absolute atomic E-state index is 11.7. The van der Waals surface area contributed by atoms with E-state index in [2.05, 4.69) is 0 Å². The summed E-state index contributed by atoms with van der Waals surface area (Å²) < 4.78 is 131. The predicted octanol–water partition coefficient (Wildman–Crippen LogP) is -0.395. The van der Waals surface area contributed by atoms with E-state index < -0.39 is 43.1 Å². The zero-order valence-electron chi connectivity index (χ0n) is 7.44. The van der Waals surface area contributed by atoms with Crippen molar-refractivity contribution < 1.29 is 51.6 Å². The summed E-state index contributed by atoms with van der Waals surface area (Å²) in [5.74, 6) is 0. The van der Waals surface area contributed by atoms with Crippen molar-refractivity contribution in [3.63, 3.8) is 0 Å². The van der Waals surface area contributed by atoms with Gasteiger partial charge >= 0.3 is 39.0 Å². The van der Waals surface area contributed by atoms with E-state index in [1.165, 1.54) is 0 Å². The first-order valence-corrected chi connectivity index (χ1v) is 8.08. The van der Waals surface area contributed by atoms with Crippen molar-refractivity contribution in [2.45, 2.75) is 11.0 Å². The molecular weight excluding hydrogens is 344 g/mol. The van der Waals surface area contributed by atoms with Crippen LogP contribution in [0.1, 0.15) is 0 Å². The number of sulfonamides is 1. The second kappa shape index (κ2) is 4.20. The van der Waals surface area contributed by atoms with Gasteiger partial charge in [-0.1, -0.05) is 4.13 Å². The second-order valence-corrected chi connectivity index (χ2v) is 9.44. The smallest absolute Gasteiger partial charge is 0.202 e. The third-order valence-corrected chi connectivity index (χ3v) is 7.45. The van der Waals surface area contributed by atoms with Gasteiger partial charge in [0, 0.05) is 0 Å². The first-order chi connectivity index (χ1) is 7.46. The molecule has 0 aromatic carbocycles. The molecule has 0 radical (unpaired) electrons. The van der Waals surface area contributed by atoms with Gasteiger partial charge in [-0.25, -0.2) is 16.8 Å². The largest absolute Gasteiger partial charge is 0.513 e. The van der Waals surface area contributed by atoms with Crippen LogP contribution in [0, 0.1) is 0 Å². The van der Waals surface area contributed by atoms with Crippen LogP contribution in [0.2, 0.25) is 0 Å². The fourth-order valence-electron chi connectivity index (χ4n) is 0.351. The maximum atomic E-state index is 11.7. The molecule has 0 aliphatic carbocycles. The number of hydrogen-bond acceptors (Lipinski definition) is 6. The zero-order valence-corrected chi connectivity index (χ0v) is 9.89. The Bertz CT molecular complexity index is 620. The Kier molecular flexibility index (Phi) is 4.06. The molecule has 0 unspecified atom stereocenters. The molecule has 0 spiro atoms. The zero-order chi connectivity index (χ0) is 15.2. The van der Waals surface area contributed by atoms with Gasteiger partial charge in [-0.05, 0) is 0 Å². The highest BCUT2D eigenvalue weighted by atomic mass is 33.2. The molecule has 0 fully saturated rings. The Morgan fingerprint density at radius 2 is 1.00 bits per heavy atom. The average Bonchev–Trinajstić information content (AvgIpc) is 1.96. The van der Waals surface area contributed by atoms with Crippen LogP contribution in [0.4, 0.5) is 26.3 Å². The lowest BCUT2D eigenvalue weighted by atomic mass is 11.6. The normalized spacial score (nSPS) is 15.7. The van der Waals surface area contributed by atoms with Crippen molar-refractivity contribution >= 4 is 27.9 Å². The Hall–Kier alpha value is -0.610. The summed E-state index contributed by atoms with van der Waals surface area (Å²) >= 11 is 0. The van der Waals surface area contributed by atoms with Crippen molar-refractivity contribution in [1.29, 1.82) is 0 Å². The highest BCUT2D eigenvalue weighted by Gasteiger charge is 2.59. The number of hydrogen-bond donors (Lipinski definition) is 1. The highest BCUT2D eigenvalue weighted by molar-refractivity contribution is 8.67. The van der Waals surface area contributed by atoms with Crippen LogP contribution < -0.4 is 4.13 Å². The van der Waals surface area contributed by atoms with Crippen molar-refractivity contribution in [2.24, 2.45) is 0 Å². The molecule has 0 amide bonds. The Morgan fingerprint density at radius 3 is 1.22 bits per heavy atom. The molecule has 0 bridgehead atoms. The van der Waals surface area contributed by atoms with Gasteiger partial charge in [-0.3, -0.25) is 0 Å². The summed E-state index contributed by atoms with van der Waals surface area (Å²) in [5, 5.41) is 0. The van der Waals surface area contributed by atoms with E-state index in [1.54, 1.807) is 0 Å². The van der Waals surface area contributed by atoms with E-state index in [9.17, 15) is 51.6 Å². The van der Waals surface area contributed by atoms with E-state index in [-0.39, 0.29) is 0 Å². The minimum Gasteiger partial charge on any atom is -0.202 e. The molecule has 0 rings (SSSR count). The molecule has 0 aromatic heterocycles. The minimum absolute atomic E-state index is 0.569. The van der Waals surface area contributed by atoms with Crippen LogP contribution in [0.15, 0.2) is 0 Å². The van der Waals surface area contributed by atoms with Gasteiger partial charge in [0.2, 0.25) is 0 Å². The highest BCUT2D eigenvalue weighted by Crippen LogP contribution is 2.29. The van der Waals surface area contributed by atoms with Crippen LogP contribution in [0.5, 0.6) is 0 Å². The Balaban J connectivity index is 5.81. The summed E-state index contributed by atoms with van der Waals surface area (Å²) in [7, 11) is -20.9. The minimum atomic E-state index is -7.19. The molecule has 1 N–H and O–H groups in total. The van der Waals surface area contributed by atoms with E-state index in [0.29, 0.717) is 0 Å². The van der Waals surface area contributed by atoms with Gasteiger partial charge in [-0.2, -0.15) is 34.8 Å². The third-order valence-electron chi connectivity index (χ3n) is 1.09. The lowest BCUT2D eigenvalue weighted by Crippen LogP contribution is -2.46. The van der Waals surface area contributed by atoms with Crippen LogP contribution in [0.25, 0.3) is 0 Å². The average molecular weight is 345 g/mol. The molecule has 110 valence electrons. The fourth-order valence-corrected chi connectivity index (χ4v) is 4.77. The standard InChI is InChI=1S/C2HF6NO6S3/c3-1(4,5)16(10,11)9-18(14,15)17(12,13)2(6,7)8/h9H. The Morgan fingerprint density at radius 1 is 0.667 bits per heavy atom. The van der Waals surface area contributed by atoms with Gasteiger partial charge in [0.1, 0.15) is 0 Å². The van der Waals surface area contributed by atoms with Crippen LogP contribution in [-0.4, -0.2) is 36.3 Å². The lowest BCUT2D eigenvalue weighted by molar-refractivity contribution is -0.0446. The maximum Gasteiger partial charge on any atom is 0.513 e. The van der Waals surface area contributed by atoms with Gasteiger partial charge < -0.3 is 0 Å². The quantitative estimate of drug-likeness (QED) is 0.550. The van der Waals surface area contributed by atoms with Crippen LogP contribution in [0.3, 0.4) is 0 Å². The molecule has 0 atom stereocenters. The van der Waals surface area contributed by atoms with Crippen molar-refractivity contribution in [3.8, 4) is 0 Å². The number of rotatable bonds is 3. The first kappa shape index (κ1) is 17.4. The van der Waals surface area contributed by atoms with E-state index in [0.717, 1.165) is 0 Å². The lowest BCUT2D eigenvalue weighted by Gasteiger charge is -2.11. The molecular formula is C2HF6NO6S3. The predicted molar refractivity (Wildman–Crippen MR) is 42.0 cm³/mol. The van der Waals surface area contributed by atoms with Gasteiger partial charge in [-0.15, -0.1) is 0 Å². The third kappa shape index (κ3) is 3.04. The molecule has 0 aliphatic heterocycles. The molecule has 18 heavy (non-hydrogen) atoms. The van der Waals surface area contributed by atoms with Crippen LogP contribution >= 0.6 is 0 Å². The van der Waals surface area contributed by atoms with Crippen molar-refractivity contribution in [3.05, 3.63) is 0 Å². The summed E-state index contributed by atoms with van der Waals surface area (Å²) in [6.07, 6.45) is 0. The molecule has 0 aliphatic rings. The summed E-state index contributed by atoms with van der Waals surface area (Å²) in [4.78, 5) is 0. The molecule has 0 heterocycles. The summed E-state index contributed by atoms with van der Waals surface area (Å²) in [5.41, 5.74) is -12.8. The van der Waals surface area contributed by atoms with Crippen molar-refractivity contribution in [1.82, 2.24) is 4.13 Å². The molecule has 7 nitrogen and oxygen atoms in total. The summed E-state index contributed by atoms with van der Waals surface area (Å²) in [6, 6.07) is 0. The molecule has 16 heteroatoms.